The average Bonchev–Trinajstić information content (AvgIpc) is 3.33. The zero-order chi connectivity index (χ0) is 23.9. The van der Waals surface area contributed by atoms with Gasteiger partial charge < -0.3 is 15.4 Å². The normalized spacial score (nSPS) is 10.5. The first-order chi connectivity index (χ1) is 16.5. The van der Waals surface area contributed by atoms with E-state index in [4.69, 9.17) is 16.3 Å². The number of carbonyl (C=O) groups is 2. The highest BCUT2D eigenvalue weighted by Crippen LogP contribution is 2.19. The minimum Gasteiger partial charge on any atom is -0.486 e. The molecule has 4 rings (SSSR count). The molecule has 0 aliphatic carbocycles. The number of nitrogens with one attached hydrogen (secondary N) is 2. The molecule has 3 aromatic carbocycles. The molecule has 1 aromatic heterocycles. The number of nitrogens with zero attached hydrogens (tertiary/aromatic N) is 2. The predicted molar refractivity (Wildman–Crippen MR) is 128 cm³/mol. The second-order valence-corrected chi connectivity index (χ2v) is 8.59. The molecule has 2 amide bonds. The summed E-state index contributed by atoms with van der Waals surface area (Å²) in [5, 5.41) is 14.7. The van der Waals surface area contributed by atoms with Crippen molar-refractivity contribution in [3.05, 3.63) is 105 Å². The van der Waals surface area contributed by atoms with Crippen LogP contribution in [0.3, 0.4) is 0 Å². The zero-order valence-corrected chi connectivity index (χ0v) is 19.2. The molecule has 0 atom stereocenters. The molecule has 10 heteroatoms. The smallest absolute Gasteiger partial charge is 0.286 e. The van der Waals surface area contributed by atoms with E-state index in [-0.39, 0.29) is 29.9 Å². The van der Waals surface area contributed by atoms with E-state index >= 15 is 0 Å². The summed E-state index contributed by atoms with van der Waals surface area (Å²) in [4.78, 5) is 25.0. The maximum absolute atomic E-state index is 13.0. The van der Waals surface area contributed by atoms with Gasteiger partial charge in [0, 0.05) is 22.8 Å². The number of hydrogen-bond acceptors (Lipinski definition) is 6. The van der Waals surface area contributed by atoms with E-state index in [1.54, 1.807) is 60.7 Å². The van der Waals surface area contributed by atoms with Crippen LogP contribution >= 0.6 is 22.9 Å². The predicted octanol–water partition coefficient (Wildman–Crippen LogP) is 5.09. The third-order valence-corrected chi connectivity index (χ3v) is 5.73. The van der Waals surface area contributed by atoms with Gasteiger partial charge in [0.25, 0.3) is 11.8 Å². The highest BCUT2D eigenvalue weighted by atomic mass is 35.5. The molecule has 7 nitrogen and oxygen atoms in total. The van der Waals surface area contributed by atoms with Gasteiger partial charge in [-0.2, -0.15) is 0 Å². The van der Waals surface area contributed by atoms with Crippen molar-refractivity contribution in [1.29, 1.82) is 0 Å². The van der Waals surface area contributed by atoms with Gasteiger partial charge in [-0.1, -0.05) is 41.1 Å². The maximum atomic E-state index is 13.0. The molecular weight excluding hydrogens is 479 g/mol. The number of aromatic nitrogens is 2. The van der Waals surface area contributed by atoms with Crippen molar-refractivity contribution in [2.75, 3.05) is 5.32 Å². The fraction of sp³-hybridized carbons (Fsp3) is 0.0833. The average molecular weight is 497 g/mol. The Morgan fingerprint density at radius 2 is 1.74 bits per heavy atom. The summed E-state index contributed by atoms with van der Waals surface area (Å²) in [6.07, 6.45) is 0. The summed E-state index contributed by atoms with van der Waals surface area (Å²) in [6, 6.07) is 19.3. The van der Waals surface area contributed by atoms with Crippen LogP contribution in [0, 0.1) is 5.82 Å². The highest BCUT2D eigenvalue weighted by molar-refractivity contribution is 7.13. The summed E-state index contributed by atoms with van der Waals surface area (Å²) < 4.78 is 18.6. The van der Waals surface area contributed by atoms with Crippen molar-refractivity contribution < 1.29 is 18.7 Å². The molecule has 0 unspecified atom stereocenters. The summed E-state index contributed by atoms with van der Waals surface area (Å²) in [6.45, 7) is 0.414. The quantitative estimate of drug-likeness (QED) is 0.354. The van der Waals surface area contributed by atoms with Gasteiger partial charge in [-0.05, 0) is 60.2 Å². The SMILES string of the molecule is O=C(NCc1ccc(F)cc1)c1cccc(NC(=O)c2nnc(COc3ccc(Cl)cc3)s2)c1. The standard InChI is InChI=1S/C24H18ClFN4O3S/c25-17-6-10-20(11-7-17)33-14-21-29-30-24(34-21)23(32)28-19-3-1-2-16(12-19)22(31)27-13-15-4-8-18(26)9-5-15/h1-12H,13-14H2,(H,27,31)(H,28,32). The largest absolute Gasteiger partial charge is 0.486 e. The van der Waals surface area contributed by atoms with Crippen LogP contribution in [0.5, 0.6) is 5.75 Å². The van der Waals surface area contributed by atoms with E-state index in [0.29, 0.717) is 27.0 Å². The van der Waals surface area contributed by atoms with E-state index in [1.807, 2.05) is 0 Å². The zero-order valence-electron chi connectivity index (χ0n) is 17.6. The van der Waals surface area contributed by atoms with Crippen molar-refractivity contribution >= 4 is 40.4 Å². The van der Waals surface area contributed by atoms with Crippen LogP contribution in [0.2, 0.25) is 5.02 Å². The van der Waals surface area contributed by atoms with Crippen molar-refractivity contribution in [2.24, 2.45) is 0 Å². The van der Waals surface area contributed by atoms with Crippen LogP contribution in [-0.4, -0.2) is 22.0 Å². The second-order valence-electron chi connectivity index (χ2n) is 7.09. The Bertz CT molecular complexity index is 1300. The van der Waals surface area contributed by atoms with E-state index in [0.717, 1.165) is 16.9 Å². The topological polar surface area (TPSA) is 93.2 Å². The molecule has 172 valence electrons. The van der Waals surface area contributed by atoms with Crippen LogP contribution in [0.4, 0.5) is 10.1 Å². The van der Waals surface area contributed by atoms with Crippen LogP contribution in [0.1, 0.15) is 30.7 Å². The minimum atomic E-state index is -0.445. The number of hydrogen-bond donors (Lipinski definition) is 2. The number of carbonyl (C=O) groups excluding carboxylic acids is 2. The van der Waals surface area contributed by atoms with Crippen LogP contribution in [-0.2, 0) is 13.2 Å². The van der Waals surface area contributed by atoms with E-state index in [9.17, 15) is 14.0 Å². The fourth-order valence-electron chi connectivity index (χ4n) is 2.89. The van der Waals surface area contributed by atoms with Gasteiger partial charge >= 0.3 is 0 Å². The molecule has 1 heterocycles. The molecule has 2 N–H and O–H groups in total. The first-order valence-electron chi connectivity index (χ1n) is 10.1. The Labute approximate surface area is 203 Å². The van der Waals surface area contributed by atoms with Crippen molar-refractivity contribution in [3.8, 4) is 5.75 Å². The molecule has 0 radical (unpaired) electrons. The van der Waals surface area contributed by atoms with Gasteiger partial charge in [0.2, 0.25) is 5.01 Å². The Morgan fingerprint density at radius 1 is 0.971 bits per heavy atom. The van der Waals surface area contributed by atoms with Gasteiger partial charge in [-0.25, -0.2) is 4.39 Å². The second kappa shape index (κ2) is 10.9. The molecule has 0 saturated heterocycles. The number of benzene rings is 3. The van der Waals surface area contributed by atoms with Gasteiger partial charge in [-0.3, -0.25) is 9.59 Å². The Hall–Kier alpha value is -3.82. The fourth-order valence-corrected chi connectivity index (χ4v) is 3.66. The number of anilines is 1. The molecule has 34 heavy (non-hydrogen) atoms. The lowest BCUT2D eigenvalue weighted by atomic mass is 10.1. The first kappa shape index (κ1) is 23.3. The van der Waals surface area contributed by atoms with Crippen LogP contribution in [0.25, 0.3) is 0 Å². The van der Waals surface area contributed by atoms with Crippen molar-refractivity contribution in [1.82, 2.24) is 15.5 Å². The van der Waals surface area contributed by atoms with Gasteiger partial charge in [0.05, 0.1) is 0 Å². The third kappa shape index (κ3) is 6.37. The molecule has 0 bridgehead atoms. The Morgan fingerprint density at radius 3 is 2.50 bits per heavy atom. The maximum Gasteiger partial charge on any atom is 0.286 e. The molecule has 0 saturated carbocycles. The van der Waals surface area contributed by atoms with Gasteiger partial charge in [0.1, 0.15) is 18.2 Å². The van der Waals surface area contributed by atoms with Gasteiger partial charge in [0.15, 0.2) is 5.01 Å². The van der Waals surface area contributed by atoms with Crippen molar-refractivity contribution in [2.45, 2.75) is 13.2 Å². The molecule has 4 aromatic rings. The Kier molecular flexibility index (Phi) is 7.46. The number of amides is 2. The molecule has 0 aliphatic heterocycles. The molecule has 0 aliphatic rings. The highest BCUT2D eigenvalue weighted by Gasteiger charge is 2.15. The first-order valence-corrected chi connectivity index (χ1v) is 11.3. The van der Waals surface area contributed by atoms with Crippen LogP contribution < -0.4 is 15.4 Å². The van der Waals surface area contributed by atoms with Gasteiger partial charge in [-0.15, -0.1) is 10.2 Å². The Balaban J connectivity index is 1.32. The number of halogens is 2. The van der Waals surface area contributed by atoms with E-state index in [1.165, 1.54) is 12.1 Å². The minimum absolute atomic E-state index is 0.163. The summed E-state index contributed by atoms with van der Waals surface area (Å²) in [5.41, 5.74) is 1.58. The molecule has 0 fully saturated rings. The summed E-state index contributed by atoms with van der Waals surface area (Å²) in [7, 11) is 0. The van der Waals surface area contributed by atoms with Crippen molar-refractivity contribution in [3.63, 3.8) is 0 Å². The van der Waals surface area contributed by atoms with E-state index < -0.39 is 5.91 Å². The van der Waals surface area contributed by atoms with E-state index in [2.05, 4.69) is 20.8 Å². The third-order valence-electron chi connectivity index (χ3n) is 4.59. The number of ether oxygens (including phenoxy) is 1. The molecular formula is C24H18ClFN4O3S. The monoisotopic (exact) mass is 496 g/mol. The molecule has 0 spiro atoms. The number of rotatable bonds is 8. The lowest BCUT2D eigenvalue weighted by Gasteiger charge is -2.08. The lowest BCUT2D eigenvalue weighted by molar-refractivity contribution is 0.0949. The summed E-state index contributed by atoms with van der Waals surface area (Å²) >= 11 is 6.96. The summed E-state index contributed by atoms with van der Waals surface area (Å²) in [5.74, 6) is -0.479. The van der Waals surface area contributed by atoms with Crippen LogP contribution in [0.15, 0.2) is 72.8 Å². The lowest BCUT2D eigenvalue weighted by Crippen LogP contribution is -2.23.